The molecule has 0 amide bonds. The summed E-state index contributed by atoms with van der Waals surface area (Å²) >= 11 is 1.42. The molecule has 2 atom stereocenters. The Balaban J connectivity index is 1.81. The van der Waals surface area contributed by atoms with E-state index in [-0.39, 0.29) is 6.10 Å². The average molecular weight is 319 g/mol. The average Bonchev–Trinajstić information content (AvgIpc) is 2.42. The summed E-state index contributed by atoms with van der Waals surface area (Å²) in [5, 5.41) is 9.82. The van der Waals surface area contributed by atoms with Crippen LogP contribution in [0, 0.1) is 5.92 Å². The number of hydrogen-bond donors (Lipinski definition) is 1. The Labute approximate surface area is 127 Å². The Morgan fingerprint density at radius 2 is 2.14 bits per heavy atom. The Bertz CT molecular complexity index is 466. The van der Waals surface area contributed by atoms with E-state index < -0.39 is 11.7 Å². The van der Waals surface area contributed by atoms with Crippen LogP contribution in [0.5, 0.6) is 0 Å². The van der Waals surface area contributed by atoms with Crippen molar-refractivity contribution >= 4 is 11.8 Å². The van der Waals surface area contributed by atoms with Crippen LogP contribution < -0.4 is 0 Å². The Hall–Kier alpha value is -0.720. The molecule has 0 spiro atoms. The Morgan fingerprint density at radius 1 is 1.38 bits per heavy atom. The summed E-state index contributed by atoms with van der Waals surface area (Å²) in [6.07, 6.45) is -3.61. The number of piperidine rings is 1. The van der Waals surface area contributed by atoms with Crippen LogP contribution >= 0.6 is 11.8 Å². The van der Waals surface area contributed by atoms with Crippen molar-refractivity contribution in [1.82, 2.24) is 4.90 Å². The summed E-state index contributed by atoms with van der Waals surface area (Å²) in [5.41, 5.74) is -0.602. The standard InChI is InChI=1S/C15H20F3NOS/c1-11-5-6-19(10-14(11)20)7-8-21-13-4-2-3-12(9-13)15(16,17)18/h2-4,9,11,14,20H,5-8,10H2,1H3. The molecule has 0 bridgehead atoms. The first kappa shape index (κ1) is 16.6. The largest absolute Gasteiger partial charge is 0.416 e. The molecule has 2 unspecified atom stereocenters. The summed E-state index contributed by atoms with van der Waals surface area (Å²) in [5.74, 6) is 1.06. The van der Waals surface area contributed by atoms with Crippen LogP contribution in [0.2, 0.25) is 0 Å². The maximum Gasteiger partial charge on any atom is 0.416 e. The maximum atomic E-state index is 12.6. The zero-order valence-electron chi connectivity index (χ0n) is 11.9. The van der Waals surface area contributed by atoms with E-state index in [0.29, 0.717) is 17.4 Å². The number of rotatable bonds is 4. The normalized spacial score (nSPS) is 24.2. The second-order valence-corrected chi connectivity index (χ2v) is 6.68. The highest BCUT2D eigenvalue weighted by Crippen LogP contribution is 2.31. The van der Waals surface area contributed by atoms with E-state index in [1.807, 2.05) is 6.92 Å². The molecule has 0 aromatic heterocycles. The zero-order valence-corrected chi connectivity index (χ0v) is 12.8. The van der Waals surface area contributed by atoms with Gasteiger partial charge < -0.3 is 5.11 Å². The minimum Gasteiger partial charge on any atom is -0.392 e. The molecule has 1 N–H and O–H groups in total. The summed E-state index contributed by atoms with van der Waals surface area (Å²) in [6.45, 7) is 4.43. The number of benzene rings is 1. The monoisotopic (exact) mass is 319 g/mol. The lowest BCUT2D eigenvalue weighted by Crippen LogP contribution is -2.43. The van der Waals surface area contributed by atoms with Crippen LogP contribution in [0.15, 0.2) is 29.2 Å². The number of β-amino-alcohol motifs (C(OH)–C–C–N with tert-alkyl or cyclic N) is 1. The molecule has 6 heteroatoms. The van der Waals surface area contributed by atoms with Crippen molar-refractivity contribution in [1.29, 1.82) is 0 Å². The van der Waals surface area contributed by atoms with Crippen molar-refractivity contribution in [3.8, 4) is 0 Å². The van der Waals surface area contributed by atoms with Crippen molar-refractivity contribution in [2.75, 3.05) is 25.4 Å². The first-order valence-corrected chi connectivity index (χ1v) is 8.05. The summed E-state index contributed by atoms with van der Waals surface area (Å²) in [7, 11) is 0. The van der Waals surface area contributed by atoms with Crippen LogP contribution in [0.25, 0.3) is 0 Å². The number of aliphatic hydroxyl groups excluding tert-OH is 1. The number of nitrogens with zero attached hydrogens (tertiary/aromatic N) is 1. The van der Waals surface area contributed by atoms with E-state index in [1.54, 1.807) is 6.07 Å². The fraction of sp³-hybridized carbons (Fsp3) is 0.600. The van der Waals surface area contributed by atoms with Gasteiger partial charge in [-0.2, -0.15) is 13.2 Å². The number of hydrogen-bond acceptors (Lipinski definition) is 3. The molecule has 1 aromatic carbocycles. The predicted octanol–water partition coefficient (Wildman–Crippen LogP) is 3.50. The van der Waals surface area contributed by atoms with E-state index in [4.69, 9.17) is 0 Å². The van der Waals surface area contributed by atoms with Crippen molar-refractivity contribution in [3.63, 3.8) is 0 Å². The van der Waals surface area contributed by atoms with Gasteiger partial charge in [0.1, 0.15) is 0 Å². The molecule has 1 aliphatic heterocycles. The second kappa shape index (κ2) is 7.03. The van der Waals surface area contributed by atoms with Gasteiger partial charge in [-0.15, -0.1) is 11.8 Å². The van der Waals surface area contributed by atoms with E-state index in [2.05, 4.69) is 4.90 Å². The Kier molecular flexibility index (Phi) is 5.57. The van der Waals surface area contributed by atoms with Gasteiger partial charge in [0.05, 0.1) is 11.7 Å². The summed E-state index contributed by atoms with van der Waals surface area (Å²) in [6, 6.07) is 5.43. The molecule has 1 fully saturated rings. The minimum absolute atomic E-state index is 0.294. The molecule has 21 heavy (non-hydrogen) atoms. The molecule has 1 heterocycles. The fourth-order valence-corrected chi connectivity index (χ4v) is 3.34. The maximum absolute atomic E-state index is 12.6. The molecule has 118 valence electrons. The predicted molar refractivity (Wildman–Crippen MR) is 78.4 cm³/mol. The van der Waals surface area contributed by atoms with Crippen LogP contribution in [0.3, 0.4) is 0 Å². The summed E-state index contributed by atoms with van der Waals surface area (Å²) < 4.78 is 37.8. The van der Waals surface area contributed by atoms with Crippen LogP contribution in [0.1, 0.15) is 18.9 Å². The molecule has 1 saturated heterocycles. The Morgan fingerprint density at radius 3 is 2.81 bits per heavy atom. The SMILES string of the molecule is CC1CCN(CCSc2cccc(C(F)(F)F)c2)CC1O. The van der Waals surface area contributed by atoms with Gasteiger partial charge in [-0.3, -0.25) is 4.90 Å². The highest BCUT2D eigenvalue weighted by molar-refractivity contribution is 7.99. The molecule has 0 aliphatic carbocycles. The highest BCUT2D eigenvalue weighted by Gasteiger charge is 2.30. The molecular formula is C15H20F3NOS. The van der Waals surface area contributed by atoms with Crippen molar-refractivity contribution in [2.45, 2.75) is 30.5 Å². The second-order valence-electron chi connectivity index (χ2n) is 5.51. The molecule has 1 aromatic rings. The molecule has 2 nitrogen and oxygen atoms in total. The van der Waals surface area contributed by atoms with Crippen molar-refractivity contribution < 1.29 is 18.3 Å². The lowest BCUT2D eigenvalue weighted by atomic mass is 9.96. The first-order valence-electron chi connectivity index (χ1n) is 7.07. The van der Waals surface area contributed by atoms with Crippen LogP contribution in [0.4, 0.5) is 13.2 Å². The van der Waals surface area contributed by atoms with Crippen molar-refractivity contribution in [2.24, 2.45) is 5.92 Å². The van der Waals surface area contributed by atoms with Gasteiger partial charge in [-0.05, 0) is 37.1 Å². The highest BCUT2D eigenvalue weighted by atomic mass is 32.2. The number of likely N-dealkylation sites (tertiary alicyclic amines) is 1. The van der Waals surface area contributed by atoms with Gasteiger partial charge in [-0.1, -0.05) is 13.0 Å². The quantitative estimate of drug-likeness (QED) is 0.859. The number of aliphatic hydroxyl groups is 1. The van der Waals surface area contributed by atoms with Gasteiger partial charge in [0.15, 0.2) is 0 Å². The molecule has 1 aliphatic rings. The fourth-order valence-electron chi connectivity index (χ4n) is 2.37. The van der Waals surface area contributed by atoms with Gasteiger partial charge >= 0.3 is 6.18 Å². The number of halogens is 3. The minimum atomic E-state index is -4.29. The third-order valence-corrected chi connectivity index (χ3v) is 4.81. The van der Waals surface area contributed by atoms with Gasteiger partial charge in [0, 0.05) is 23.7 Å². The topological polar surface area (TPSA) is 23.5 Å². The summed E-state index contributed by atoms with van der Waals surface area (Å²) in [4.78, 5) is 2.81. The first-order chi connectivity index (χ1) is 9.86. The van der Waals surface area contributed by atoms with Gasteiger partial charge in [0.2, 0.25) is 0 Å². The molecule has 0 saturated carbocycles. The zero-order chi connectivity index (χ0) is 15.5. The van der Waals surface area contributed by atoms with E-state index in [1.165, 1.54) is 23.9 Å². The van der Waals surface area contributed by atoms with E-state index in [0.717, 1.165) is 31.3 Å². The lowest BCUT2D eigenvalue weighted by molar-refractivity contribution is -0.137. The number of thioether (sulfide) groups is 1. The third kappa shape index (κ3) is 4.90. The van der Waals surface area contributed by atoms with Crippen LogP contribution in [-0.4, -0.2) is 41.5 Å². The van der Waals surface area contributed by atoms with Crippen molar-refractivity contribution in [3.05, 3.63) is 29.8 Å². The lowest BCUT2D eigenvalue weighted by Gasteiger charge is -2.34. The molecule has 2 rings (SSSR count). The smallest absolute Gasteiger partial charge is 0.392 e. The molecular weight excluding hydrogens is 299 g/mol. The number of alkyl halides is 3. The van der Waals surface area contributed by atoms with Gasteiger partial charge in [-0.25, -0.2) is 0 Å². The third-order valence-electron chi connectivity index (χ3n) is 3.84. The van der Waals surface area contributed by atoms with E-state index in [9.17, 15) is 18.3 Å². The van der Waals surface area contributed by atoms with E-state index >= 15 is 0 Å². The van der Waals surface area contributed by atoms with Crippen LogP contribution in [-0.2, 0) is 6.18 Å². The molecule has 0 radical (unpaired) electrons. The van der Waals surface area contributed by atoms with Gasteiger partial charge in [0.25, 0.3) is 0 Å².